The number of fused-ring (bicyclic) bond motifs is 1. The maximum Gasteiger partial charge on any atom is 0.286 e. The Balaban J connectivity index is 0.00000160. The number of hydrazone groups is 1. The molecular weight excluding hydrogens is 512 g/mol. The highest BCUT2D eigenvalue weighted by atomic mass is 79.9. The van der Waals surface area contributed by atoms with Gasteiger partial charge >= 0.3 is 0 Å². The fourth-order valence-corrected chi connectivity index (χ4v) is 3.16. The van der Waals surface area contributed by atoms with E-state index in [9.17, 15) is 0 Å². The SMILES string of the molecule is Br.Cc1cccc2n(C)c(COc3ccc(/C=N/NC4=NCCCN4)cc3)c[n+]12.[Br-]. The summed E-state index contributed by atoms with van der Waals surface area (Å²) < 4.78 is 10.3. The quantitative estimate of drug-likeness (QED) is 0.262. The number of halogens is 2. The van der Waals surface area contributed by atoms with Crippen LogP contribution in [-0.2, 0) is 13.7 Å². The molecule has 0 unspecified atom stereocenters. The van der Waals surface area contributed by atoms with Gasteiger partial charge in [0.05, 0.1) is 13.3 Å². The van der Waals surface area contributed by atoms with E-state index in [1.807, 2.05) is 24.3 Å². The molecule has 1 aliphatic heterocycles. The first-order chi connectivity index (χ1) is 13.7. The molecule has 0 amide bonds. The van der Waals surface area contributed by atoms with Crippen molar-refractivity contribution in [3.8, 4) is 5.75 Å². The van der Waals surface area contributed by atoms with Gasteiger partial charge in [0.25, 0.3) is 5.65 Å². The zero-order chi connectivity index (χ0) is 19.3. The van der Waals surface area contributed by atoms with Crippen molar-refractivity contribution in [1.29, 1.82) is 0 Å². The Kier molecular flexibility index (Phi) is 8.86. The van der Waals surface area contributed by atoms with Crippen LogP contribution in [0.25, 0.3) is 5.65 Å². The van der Waals surface area contributed by atoms with Crippen molar-refractivity contribution in [1.82, 2.24) is 15.3 Å². The molecule has 0 fully saturated rings. The van der Waals surface area contributed by atoms with Gasteiger partial charge in [0.1, 0.15) is 17.6 Å². The fourth-order valence-electron chi connectivity index (χ4n) is 3.16. The second-order valence-electron chi connectivity index (χ2n) is 6.81. The summed E-state index contributed by atoms with van der Waals surface area (Å²) in [5.74, 6) is 1.56. The highest BCUT2D eigenvalue weighted by molar-refractivity contribution is 8.93. The van der Waals surface area contributed by atoms with Gasteiger partial charge in [-0.05, 0) is 49.2 Å². The predicted octanol–water partition coefficient (Wildman–Crippen LogP) is -0.494. The topological polar surface area (TPSA) is 67.0 Å². The number of nitrogens with zero attached hydrogens (tertiary/aromatic N) is 4. The molecule has 3 heterocycles. The third kappa shape index (κ3) is 5.60. The second kappa shape index (κ2) is 11.1. The van der Waals surface area contributed by atoms with Crippen LogP contribution >= 0.6 is 17.0 Å². The predicted molar refractivity (Wildman–Crippen MR) is 120 cm³/mol. The zero-order valence-corrected chi connectivity index (χ0v) is 20.3. The third-order valence-corrected chi connectivity index (χ3v) is 4.81. The van der Waals surface area contributed by atoms with Crippen molar-refractivity contribution in [3.05, 3.63) is 65.6 Å². The Morgan fingerprint density at radius 1 is 1.27 bits per heavy atom. The Hall–Kier alpha value is -2.39. The first kappa shape index (κ1) is 23.9. The molecule has 0 saturated carbocycles. The first-order valence-corrected chi connectivity index (χ1v) is 9.46. The fraction of sp³-hybridized carbons (Fsp3) is 0.286. The monoisotopic (exact) mass is 536 g/mol. The van der Waals surface area contributed by atoms with Crippen molar-refractivity contribution in [2.24, 2.45) is 17.1 Å². The molecule has 0 atom stereocenters. The molecule has 0 spiro atoms. The molecule has 0 bridgehead atoms. The highest BCUT2D eigenvalue weighted by Gasteiger charge is 2.15. The van der Waals surface area contributed by atoms with Crippen molar-refractivity contribution < 1.29 is 26.1 Å². The molecule has 0 aliphatic carbocycles. The number of aryl methyl sites for hydroxylation is 2. The number of imidazole rings is 1. The lowest BCUT2D eigenvalue weighted by atomic mass is 10.2. The number of hydrogen-bond acceptors (Lipinski definition) is 5. The average Bonchev–Trinajstić information content (AvgIpc) is 3.05. The molecule has 2 N–H and O–H groups in total. The normalized spacial score (nSPS) is 13.2. The average molecular weight is 538 g/mol. The molecule has 9 heteroatoms. The maximum absolute atomic E-state index is 5.97. The minimum absolute atomic E-state index is 0. The van der Waals surface area contributed by atoms with Crippen molar-refractivity contribution in [2.75, 3.05) is 13.1 Å². The van der Waals surface area contributed by atoms with Gasteiger partial charge in [0.15, 0.2) is 12.3 Å². The second-order valence-corrected chi connectivity index (χ2v) is 6.81. The summed E-state index contributed by atoms with van der Waals surface area (Å²) in [5.41, 5.74) is 7.38. The summed E-state index contributed by atoms with van der Waals surface area (Å²) in [5, 5.41) is 7.38. The van der Waals surface area contributed by atoms with Crippen LogP contribution in [0.2, 0.25) is 0 Å². The Morgan fingerprint density at radius 2 is 2.07 bits per heavy atom. The van der Waals surface area contributed by atoms with Gasteiger partial charge in [0.2, 0.25) is 5.96 Å². The van der Waals surface area contributed by atoms with E-state index in [1.54, 1.807) is 6.21 Å². The van der Waals surface area contributed by atoms with Gasteiger partial charge in [0, 0.05) is 19.2 Å². The minimum Gasteiger partial charge on any atom is -1.00 e. The summed E-state index contributed by atoms with van der Waals surface area (Å²) in [6.07, 6.45) is 4.96. The molecular formula is C21H26Br2N6O. The molecule has 160 valence electrons. The summed E-state index contributed by atoms with van der Waals surface area (Å²) in [6, 6.07) is 14.2. The van der Waals surface area contributed by atoms with Gasteiger partial charge in [-0.1, -0.05) is 6.07 Å². The molecule has 30 heavy (non-hydrogen) atoms. The maximum atomic E-state index is 5.97. The lowest BCUT2D eigenvalue weighted by molar-refractivity contribution is -0.518. The number of ether oxygens (including phenoxy) is 1. The van der Waals surface area contributed by atoms with E-state index in [0.717, 1.165) is 48.1 Å². The van der Waals surface area contributed by atoms with E-state index in [2.05, 4.69) is 68.2 Å². The zero-order valence-electron chi connectivity index (χ0n) is 17.0. The van der Waals surface area contributed by atoms with Gasteiger partial charge in [-0.3, -0.25) is 4.99 Å². The number of benzene rings is 1. The van der Waals surface area contributed by atoms with Crippen LogP contribution in [-0.4, -0.2) is 29.8 Å². The largest absolute Gasteiger partial charge is 1.00 e. The number of nitrogens with one attached hydrogen (secondary N) is 2. The number of aromatic nitrogens is 2. The molecule has 1 aromatic carbocycles. The van der Waals surface area contributed by atoms with Crippen LogP contribution in [0.3, 0.4) is 0 Å². The number of rotatable bonds is 5. The molecule has 0 saturated heterocycles. The van der Waals surface area contributed by atoms with Crippen LogP contribution in [0.15, 0.2) is 58.8 Å². The molecule has 4 rings (SSSR count). The van der Waals surface area contributed by atoms with Gasteiger partial charge in [-0.25, -0.2) is 9.99 Å². The van der Waals surface area contributed by atoms with Crippen LogP contribution < -0.4 is 36.9 Å². The van der Waals surface area contributed by atoms with Crippen molar-refractivity contribution >= 4 is 34.8 Å². The van der Waals surface area contributed by atoms with E-state index in [4.69, 9.17) is 4.74 Å². The first-order valence-electron chi connectivity index (χ1n) is 9.46. The number of pyridine rings is 1. The Bertz CT molecular complexity index is 1030. The van der Waals surface area contributed by atoms with Crippen LogP contribution in [0.5, 0.6) is 5.75 Å². The van der Waals surface area contributed by atoms with Crippen LogP contribution in [0.1, 0.15) is 23.4 Å². The van der Waals surface area contributed by atoms with Crippen molar-refractivity contribution in [3.63, 3.8) is 0 Å². The molecule has 0 radical (unpaired) electrons. The van der Waals surface area contributed by atoms with Gasteiger partial charge in [-0.15, -0.1) is 17.0 Å². The van der Waals surface area contributed by atoms with Crippen LogP contribution in [0.4, 0.5) is 0 Å². The van der Waals surface area contributed by atoms with Gasteiger partial charge < -0.3 is 27.0 Å². The summed E-state index contributed by atoms with van der Waals surface area (Å²) >= 11 is 0. The van der Waals surface area contributed by atoms with E-state index >= 15 is 0 Å². The summed E-state index contributed by atoms with van der Waals surface area (Å²) in [7, 11) is 2.06. The molecule has 7 nitrogen and oxygen atoms in total. The summed E-state index contributed by atoms with van der Waals surface area (Å²) in [6.45, 7) is 4.38. The smallest absolute Gasteiger partial charge is 0.286 e. The van der Waals surface area contributed by atoms with Crippen molar-refractivity contribution in [2.45, 2.75) is 20.0 Å². The summed E-state index contributed by atoms with van der Waals surface area (Å²) in [4.78, 5) is 4.31. The molecule has 1 aliphatic rings. The Morgan fingerprint density at radius 3 is 2.77 bits per heavy atom. The molecule has 3 aromatic rings. The van der Waals surface area contributed by atoms with E-state index in [-0.39, 0.29) is 34.0 Å². The lowest BCUT2D eigenvalue weighted by Crippen LogP contribution is -3.00. The standard InChI is InChI=1S/C21H25N6O.2BrH/c1-16-5-3-6-20-26(2)18(14-27(16)20)15-28-19-9-7-17(8-10-19)13-24-25-21-22-11-4-12-23-21;;/h3,5-10,13-14H,4,11-12,15H2,1-2H3,(H2,22,23,25);2*1H/q+1;;/p-1/b24-13+;;. The van der Waals surface area contributed by atoms with E-state index in [1.165, 1.54) is 5.69 Å². The van der Waals surface area contributed by atoms with Crippen LogP contribution in [0, 0.1) is 6.92 Å². The highest BCUT2D eigenvalue weighted by Crippen LogP contribution is 2.14. The number of hydrogen-bond donors (Lipinski definition) is 2. The third-order valence-electron chi connectivity index (χ3n) is 4.81. The molecule has 2 aromatic heterocycles. The number of guanidine groups is 1. The minimum atomic E-state index is 0. The Labute approximate surface area is 197 Å². The van der Waals surface area contributed by atoms with E-state index in [0.29, 0.717) is 6.61 Å². The van der Waals surface area contributed by atoms with E-state index < -0.39 is 0 Å². The lowest BCUT2D eigenvalue weighted by Gasteiger charge is -2.12. The van der Waals surface area contributed by atoms with Gasteiger partial charge in [-0.2, -0.15) is 9.50 Å². The number of aliphatic imine (C=N–C) groups is 1.